The maximum atomic E-state index is 14.0. The second kappa shape index (κ2) is 5.73. The molecule has 0 bridgehead atoms. The molecule has 2 aromatic rings. The molecule has 104 valence electrons. The average molecular weight is 318 g/mol. The number of hydrogen-bond acceptors (Lipinski definition) is 3. The summed E-state index contributed by atoms with van der Waals surface area (Å²) in [4.78, 5) is 15.4. The largest absolute Gasteiger partial charge is 0.465 e. The highest BCUT2D eigenvalue weighted by atomic mass is 35.5. The molecule has 0 aliphatic rings. The van der Waals surface area contributed by atoms with Crippen molar-refractivity contribution in [1.29, 1.82) is 0 Å². The lowest BCUT2D eigenvalue weighted by molar-refractivity contribution is 0.0600. The van der Waals surface area contributed by atoms with Gasteiger partial charge in [-0.15, -0.1) is 0 Å². The Balaban J connectivity index is 2.75. The molecule has 0 N–H and O–H groups in total. The predicted molar refractivity (Wildman–Crippen MR) is 70.9 cm³/mol. The van der Waals surface area contributed by atoms with Crippen LogP contribution in [-0.2, 0) is 4.74 Å². The van der Waals surface area contributed by atoms with Crippen molar-refractivity contribution in [2.75, 3.05) is 7.11 Å². The van der Waals surface area contributed by atoms with E-state index in [0.717, 1.165) is 13.2 Å². The van der Waals surface area contributed by atoms with E-state index >= 15 is 0 Å². The number of carbonyl (C=O) groups excluding carboxylic acids is 1. The summed E-state index contributed by atoms with van der Waals surface area (Å²) < 4.78 is 31.8. The topological polar surface area (TPSA) is 39.2 Å². The maximum absolute atomic E-state index is 14.0. The van der Waals surface area contributed by atoms with Crippen LogP contribution in [-0.4, -0.2) is 18.1 Å². The fourth-order valence-corrected chi connectivity index (χ4v) is 2.21. The Labute approximate surface area is 123 Å². The lowest BCUT2D eigenvalue weighted by Crippen LogP contribution is -2.06. The molecule has 7 heteroatoms. The van der Waals surface area contributed by atoms with Crippen molar-refractivity contribution >= 4 is 29.2 Å². The van der Waals surface area contributed by atoms with Crippen LogP contribution in [0.25, 0.3) is 11.1 Å². The zero-order valence-corrected chi connectivity index (χ0v) is 11.6. The molecule has 1 aromatic heterocycles. The molecule has 0 radical (unpaired) electrons. The third-order valence-electron chi connectivity index (χ3n) is 2.51. The van der Waals surface area contributed by atoms with E-state index in [1.54, 1.807) is 0 Å². The van der Waals surface area contributed by atoms with Crippen LogP contribution in [0.5, 0.6) is 0 Å². The standard InChI is InChI=1S/C13H7Cl2F2NO2/c1-20-13(19)8-4-7(16)5-9(17)12(8)6-2-10(14)18-11(15)3-6/h2-5H,1H3. The summed E-state index contributed by atoms with van der Waals surface area (Å²) in [6.07, 6.45) is 0. The second-order valence-corrected chi connectivity index (χ2v) is 4.58. The maximum Gasteiger partial charge on any atom is 0.338 e. The third-order valence-corrected chi connectivity index (χ3v) is 2.90. The Hall–Kier alpha value is -1.72. The predicted octanol–water partition coefficient (Wildman–Crippen LogP) is 4.12. The molecule has 0 aliphatic heterocycles. The SMILES string of the molecule is COC(=O)c1cc(F)cc(F)c1-c1cc(Cl)nc(Cl)c1. The highest BCUT2D eigenvalue weighted by Gasteiger charge is 2.20. The van der Waals surface area contributed by atoms with E-state index in [1.807, 2.05) is 0 Å². The lowest BCUT2D eigenvalue weighted by Gasteiger charge is -2.10. The van der Waals surface area contributed by atoms with Gasteiger partial charge in [0.25, 0.3) is 0 Å². The minimum atomic E-state index is -0.927. The van der Waals surface area contributed by atoms with Crippen LogP contribution in [0.1, 0.15) is 10.4 Å². The van der Waals surface area contributed by atoms with E-state index in [1.165, 1.54) is 12.1 Å². The summed E-state index contributed by atoms with van der Waals surface area (Å²) in [6.45, 7) is 0. The van der Waals surface area contributed by atoms with Gasteiger partial charge in [0, 0.05) is 11.6 Å². The first-order valence-electron chi connectivity index (χ1n) is 5.33. The van der Waals surface area contributed by atoms with E-state index in [2.05, 4.69) is 9.72 Å². The van der Waals surface area contributed by atoms with Crippen molar-refractivity contribution in [2.45, 2.75) is 0 Å². The summed E-state index contributed by atoms with van der Waals surface area (Å²) in [5.74, 6) is -2.69. The minimum absolute atomic E-state index is 0.0204. The van der Waals surface area contributed by atoms with Crippen LogP contribution in [0, 0.1) is 11.6 Å². The Morgan fingerprint density at radius 1 is 1.15 bits per heavy atom. The molecule has 1 aromatic carbocycles. The quantitative estimate of drug-likeness (QED) is 0.618. The molecule has 0 saturated heterocycles. The fourth-order valence-electron chi connectivity index (χ4n) is 1.75. The van der Waals surface area contributed by atoms with Gasteiger partial charge in [-0.2, -0.15) is 0 Å². The first kappa shape index (κ1) is 14.7. The summed E-state index contributed by atoms with van der Waals surface area (Å²) in [7, 11) is 1.11. The van der Waals surface area contributed by atoms with Gasteiger partial charge in [-0.3, -0.25) is 0 Å². The summed E-state index contributed by atoms with van der Waals surface area (Å²) in [6, 6.07) is 4.17. The third kappa shape index (κ3) is 2.89. The molecular weight excluding hydrogens is 311 g/mol. The number of halogens is 4. The van der Waals surface area contributed by atoms with Crippen molar-refractivity contribution in [3.05, 3.63) is 51.8 Å². The van der Waals surface area contributed by atoms with Gasteiger partial charge in [0.15, 0.2) is 0 Å². The van der Waals surface area contributed by atoms with E-state index in [0.29, 0.717) is 6.07 Å². The van der Waals surface area contributed by atoms with Crippen molar-refractivity contribution < 1.29 is 18.3 Å². The van der Waals surface area contributed by atoms with Crippen LogP contribution in [0.2, 0.25) is 10.3 Å². The van der Waals surface area contributed by atoms with Gasteiger partial charge in [-0.05, 0) is 23.8 Å². The molecule has 0 aliphatic carbocycles. The summed E-state index contributed by atoms with van der Waals surface area (Å²) in [5, 5.41) is 0.0408. The molecule has 2 rings (SSSR count). The molecule has 3 nitrogen and oxygen atoms in total. The highest BCUT2D eigenvalue weighted by Crippen LogP contribution is 2.31. The highest BCUT2D eigenvalue weighted by molar-refractivity contribution is 6.32. The number of nitrogens with zero attached hydrogens (tertiary/aromatic N) is 1. The number of rotatable bonds is 2. The monoisotopic (exact) mass is 317 g/mol. The molecule has 0 atom stereocenters. The summed E-state index contributed by atoms with van der Waals surface area (Å²) in [5.41, 5.74) is -0.208. The van der Waals surface area contributed by atoms with Crippen LogP contribution in [0.15, 0.2) is 24.3 Å². The number of carbonyl (C=O) groups is 1. The van der Waals surface area contributed by atoms with Crippen molar-refractivity contribution in [1.82, 2.24) is 4.98 Å². The number of pyridine rings is 1. The van der Waals surface area contributed by atoms with Crippen LogP contribution >= 0.6 is 23.2 Å². The Morgan fingerprint density at radius 2 is 1.75 bits per heavy atom. The van der Waals surface area contributed by atoms with E-state index in [9.17, 15) is 13.6 Å². The lowest BCUT2D eigenvalue weighted by atomic mass is 9.99. The van der Waals surface area contributed by atoms with Gasteiger partial charge >= 0.3 is 5.97 Å². The Morgan fingerprint density at radius 3 is 2.30 bits per heavy atom. The van der Waals surface area contributed by atoms with Crippen molar-refractivity contribution in [3.63, 3.8) is 0 Å². The van der Waals surface area contributed by atoms with E-state index in [-0.39, 0.29) is 27.0 Å². The zero-order valence-electron chi connectivity index (χ0n) is 10.1. The van der Waals surface area contributed by atoms with E-state index in [4.69, 9.17) is 23.2 Å². The molecule has 0 spiro atoms. The Bertz CT molecular complexity index is 672. The van der Waals surface area contributed by atoms with E-state index < -0.39 is 17.6 Å². The summed E-state index contributed by atoms with van der Waals surface area (Å²) >= 11 is 11.5. The molecule has 0 saturated carbocycles. The van der Waals surface area contributed by atoms with Crippen LogP contribution < -0.4 is 0 Å². The number of ether oxygens (including phenoxy) is 1. The molecule has 20 heavy (non-hydrogen) atoms. The molecule has 1 heterocycles. The number of aromatic nitrogens is 1. The number of benzene rings is 1. The number of methoxy groups -OCH3 is 1. The zero-order chi connectivity index (χ0) is 14.9. The average Bonchev–Trinajstić information content (AvgIpc) is 2.35. The normalized spacial score (nSPS) is 10.4. The molecular formula is C13H7Cl2F2NO2. The van der Waals surface area contributed by atoms with Crippen LogP contribution in [0.4, 0.5) is 8.78 Å². The first-order chi connectivity index (χ1) is 9.42. The van der Waals surface area contributed by atoms with Crippen LogP contribution in [0.3, 0.4) is 0 Å². The molecule has 0 fully saturated rings. The minimum Gasteiger partial charge on any atom is -0.465 e. The Kier molecular flexibility index (Phi) is 4.20. The van der Waals surface area contributed by atoms with Gasteiger partial charge in [0.05, 0.1) is 12.7 Å². The van der Waals surface area contributed by atoms with Gasteiger partial charge < -0.3 is 4.74 Å². The fraction of sp³-hybridized carbons (Fsp3) is 0.0769. The first-order valence-corrected chi connectivity index (χ1v) is 6.08. The number of hydrogen-bond donors (Lipinski definition) is 0. The second-order valence-electron chi connectivity index (χ2n) is 3.80. The smallest absolute Gasteiger partial charge is 0.338 e. The van der Waals surface area contributed by atoms with Gasteiger partial charge in [0.2, 0.25) is 0 Å². The van der Waals surface area contributed by atoms with Gasteiger partial charge in [0.1, 0.15) is 21.9 Å². The molecule has 0 unspecified atom stereocenters. The van der Waals surface area contributed by atoms with Gasteiger partial charge in [-0.1, -0.05) is 23.2 Å². The van der Waals surface area contributed by atoms with Crippen molar-refractivity contribution in [2.24, 2.45) is 0 Å². The number of esters is 1. The molecule has 0 amide bonds. The van der Waals surface area contributed by atoms with Crippen molar-refractivity contribution in [3.8, 4) is 11.1 Å². The van der Waals surface area contributed by atoms with Gasteiger partial charge in [-0.25, -0.2) is 18.6 Å².